The minimum Gasteiger partial charge on any atom is -0.464 e. The lowest BCUT2D eigenvalue weighted by molar-refractivity contribution is -0.133. The number of methoxy groups -OCH3 is 1. The molecule has 0 aliphatic heterocycles. The number of oxime groups is 1. The lowest BCUT2D eigenvalue weighted by atomic mass is 10.3. The van der Waals surface area contributed by atoms with Gasteiger partial charge in [-0.2, -0.15) is 0 Å². The zero-order chi connectivity index (χ0) is 8.69. The van der Waals surface area contributed by atoms with Gasteiger partial charge in [0.15, 0.2) is 5.71 Å². The molecule has 0 unspecified atom stereocenters. The van der Waals surface area contributed by atoms with Gasteiger partial charge in [0.25, 0.3) is 0 Å². The van der Waals surface area contributed by atoms with Crippen LogP contribution in [0.25, 0.3) is 0 Å². The summed E-state index contributed by atoms with van der Waals surface area (Å²) in [5.74, 6) is -0.430. The largest absolute Gasteiger partial charge is 0.464 e. The van der Waals surface area contributed by atoms with E-state index in [-0.39, 0.29) is 0 Å². The Morgan fingerprint density at radius 2 is 2.09 bits per heavy atom. The van der Waals surface area contributed by atoms with Crippen molar-refractivity contribution in [2.45, 2.75) is 20.3 Å². The second-order valence-electron chi connectivity index (χ2n) is 1.80. The van der Waals surface area contributed by atoms with E-state index in [9.17, 15) is 4.79 Å². The van der Waals surface area contributed by atoms with Crippen molar-refractivity contribution in [1.82, 2.24) is 0 Å². The average Bonchev–Trinajstić information content (AvgIpc) is 2.05. The van der Waals surface area contributed by atoms with Gasteiger partial charge in [-0.3, -0.25) is 0 Å². The quantitative estimate of drug-likeness (QED) is 0.349. The molecule has 0 N–H and O–H groups in total. The van der Waals surface area contributed by atoms with Gasteiger partial charge >= 0.3 is 5.97 Å². The molecule has 0 aliphatic carbocycles. The molecule has 0 aliphatic rings. The summed E-state index contributed by atoms with van der Waals surface area (Å²) in [6, 6.07) is 0. The van der Waals surface area contributed by atoms with Crippen molar-refractivity contribution in [3.05, 3.63) is 0 Å². The summed E-state index contributed by atoms with van der Waals surface area (Å²) in [5, 5.41) is 3.57. The number of carbonyl (C=O) groups excluding carboxylic acids is 1. The Morgan fingerprint density at radius 3 is 2.45 bits per heavy atom. The molecule has 0 amide bonds. The third-order valence-corrected chi connectivity index (χ3v) is 1.06. The minimum absolute atomic E-state index is 0.314. The lowest BCUT2D eigenvalue weighted by Crippen LogP contribution is -2.15. The van der Waals surface area contributed by atoms with Crippen molar-refractivity contribution >= 4 is 11.7 Å². The second-order valence-corrected chi connectivity index (χ2v) is 1.80. The molecule has 0 aromatic rings. The highest BCUT2D eigenvalue weighted by atomic mass is 16.6. The van der Waals surface area contributed by atoms with Crippen LogP contribution in [0.15, 0.2) is 5.16 Å². The van der Waals surface area contributed by atoms with Crippen LogP contribution in [-0.4, -0.2) is 25.4 Å². The minimum atomic E-state index is -0.430. The van der Waals surface area contributed by atoms with Crippen LogP contribution in [-0.2, 0) is 14.4 Å². The molecule has 0 bridgehead atoms. The van der Waals surface area contributed by atoms with Gasteiger partial charge in [0.05, 0.1) is 7.11 Å². The standard InChI is InChI=1S/C7H13NO3/c1-4-6(7(9)10-3)8-11-5-2/h4-5H2,1-3H3. The maximum absolute atomic E-state index is 10.8. The molecule has 0 saturated carbocycles. The van der Waals surface area contributed by atoms with Crippen molar-refractivity contribution in [1.29, 1.82) is 0 Å². The molecule has 0 aromatic heterocycles. The molecule has 0 aromatic carbocycles. The van der Waals surface area contributed by atoms with Crippen LogP contribution in [0.1, 0.15) is 20.3 Å². The number of esters is 1. The molecule has 0 spiro atoms. The number of carbonyl (C=O) groups is 1. The Kier molecular flexibility index (Phi) is 5.15. The fraction of sp³-hybridized carbons (Fsp3) is 0.714. The number of rotatable bonds is 4. The van der Waals surface area contributed by atoms with E-state index in [4.69, 9.17) is 4.84 Å². The molecule has 4 heteroatoms. The molecule has 0 atom stereocenters. The van der Waals surface area contributed by atoms with Gasteiger partial charge < -0.3 is 9.57 Å². The van der Waals surface area contributed by atoms with Crippen molar-refractivity contribution in [2.24, 2.45) is 5.16 Å². The van der Waals surface area contributed by atoms with Gasteiger partial charge in [-0.25, -0.2) is 4.79 Å². The summed E-state index contributed by atoms with van der Waals surface area (Å²) in [7, 11) is 1.32. The third kappa shape index (κ3) is 3.60. The predicted molar refractivity (Wildman–Crippen MR) is 41.4 cm³/mol. The van der Waals surface area contributed by atoms with Gasteiger partial charge in [-0.15, -0.1) is 0 Å². The first kappa shape index (κ1) is 9.94. The van der Waals surface area contributed by atoms with Crippen molar-refractivity contribution in [3.63, 3.8) is 0 Å². The summed E-state index contributed by atoms with van der Waals surface area (Å²) >= 11 is 0. The lowest BCUT2D eigenvalue weighted by Gasteiger charge is -1.99. The maximum Gasteiger partial charge on any atom is 0.355 e. The summed E-state index contributed by atoms with van der Waals surface area (Å²) in [6.07, 6.45) is 0.521. The van der Waals surface area contributed by atoms with E-state index in [1.54, 1.807) is 6.92 Å². The highest BCUT2D eigenvalue weighted by Crippen LogP contribution is 1.90. The van der Waals surface area contributed by atoms with Crippen molar-refractivity contribution < 1.29 is 14.4 Å². The molecule has 0 heterocycles. The topological polar surface area (TPSA) is 47.9 Å². The second kappa shape index (κ2) is 5.70. The smallest absolute Gasteiger partial charge is 0.355 e. The SMILES string of the molecule is CCON=C(CC)C(=O)OC. The maximum atomic E-state index is 10.8. The van der Waals surface area contributed by atoms with Gasteiger partial charge in [-0.1, -0.05) is 12.1 Å². The number of hydrogen-bond acceptors (Lipinski definition) is 4. The van der Waals surface area contributed by atoms with Crippen molar-refractivity contribution in [2.75, 3.05) is 13.7 Å². The molecule has 0 rings (SSSR count). The van der Waals surface area contributed by atoms with Crippen LogP contribution < -0.4 is 0 Å². The first-order valence-electron chi connectivity index (χ1n) is 3.53. The predicted octanol–water partition coefficient (Wildman–Crippen LogP) is 0.962. The Bertz CT molecular complexity index is 154. The molecule has 64 valence electrons. The van der Waals surface area contributed by atoms with E-state index in [0.717, 1.165) is 0 Å². The summed E-state index contributed by atoms with van der Waals surface area (Å²) in [5.41, 5.74) is 0.314. The van der Waals surface area contributed by atoms with E-state index in [1.165, 1.54) is 7.11 Å². The van der Waals surface area contributed by atoms with Gasteiger partial charge in [0.1, 0.15) is 6.61 Å². The van der Waals surface area contributed by atoms with Crippen LogP contribution in [0.4, 0.5) is 0 Å². The highest BCUT2D eigenvalue weighted by Gasteiger charge is 2.08. The van der Waals surface area contributed by atoms with E-state index < -0.39 is 5.97 Å². The molecular weight excluding hydrogens is 146 g/mol. The first-order chi connectivity index (χ1) is 5.26. The van der Waals surface area contributed by atoms with Gasteiger partial charge in [0, 0.05) is 0 Å². The Hall–Kier alpha value is -1.06. The first-order valence-corrected chi connectivity index (χ1v) is 3.53. The van der Waals surface area contributed by atoms with Crippen molar-refractivity contribution in [3.8, 4) is 0 Å². The average molecular weight is 159 g/mol. The van der Waals surface area contributed by atoms with E-state index in [2.05, 4.69) is 9.89 Å². The third-order valence-electron chi connectivity index (χ3n) is 1.06. The number of ether oxygens (including phenoxy) is 1. The number of hydrogen-bond donors (Lipinski definition) is 0. The molecule has 0 radical (unpaired) electrons. The van der Waals surface area contributed by atoms with E-state index in [1.807, 2.05) is 6.92 Å². The molecule has 4 nitrogen and oxygen atoms in total. The van der Waals surface area contributed by atoms with Gasteiger partial charge in [0.2, 0.25) is 0 Å². The molecule has 0 fully saturated rings. The van der Waals surface area contributed by atoms with Gasteiger partial charge in [-0.05, 0) is 13.3 Å². The number of nitrogens with zero attached hydrogens (tertiary/aromatic N) is 1. The normalized spacial score (nSPS) is 11.0. The fourth-order valence-corrected chi connectivity index (χ4v) is 0.506. The Morgan fingerprint density at radius 1 is 1.45 bits per heavy atom. The fourth-order valence-electron chi connectivity index (χ4n) is 0.506. The van der Waals surface area contributed by atoms with E-state index in [0.29, 0.717) is 18.7 Å². The molecule has 0 saturated heterocycles. The summed E-state index contributed by atoms with van der Waals surface area (Å²) < 4.78 is 4.45. The van der Waals surface area contributed by atoms with E-state index >= 15 is 0 Å². The Balaban J connectivity index is 4.03. The van der Waals surface area contributed by atoms with Crippen LogP contribution in [0.5, 0.6) is 0 Å². The van der Waals surface area contributed by atoms with Crippen LogP contribution in [0.2, 0.25) is 0 Å². The molecule has 11 heavy (non-hydrogen) atoms. The zero-order valence-corrected chi connectivity index (χ0v) is 7.09. The Labute approximate surface area is 66.2 Å². The van der Waals surface area contributed by atoms with Crippen LogP contribution >= 0.6 is 0 Å². The van der Waals surface area contributed by atoms with Crippen LogP contribution in [0, 0.1) is 0 Å². The summed E-state index contributed by atoms with van der Waals surface area (Å²) in [6.45, 7) is 4.07. The summed E-state index contributed by atoms with van der Waals surface area (Å²) in [4.78, 5) is 15.5. The van der Waals surface area contributed by atoms with Crippen LogP contribution in [0.3, 0.4) is 0 Å². The monoisotopic (exact) mass is 159 g/mol. The highest BCUT2D eigenvalue weighted by molar-refractivity contribution is 6.36. The molecular formula is C7H13NO3. The zero-order valence-electron chi connectivity index (χ0n) is 7.09.